The molecule has 0 saturated carbocycles. The van der Waals surface area contributed by atoms with Crippen molar-refractivity contribution < 1.29 is 14.0 Å². The topological polar surface area (TPSA) is 76.5 Å². The van der Waals surface area contributed by atoms with Gasteiger partial charge >= 0.3 is 0 Å². The van der Waals surface area contributed by atoms with E-state index in [1.807, 2.05) is 6.92 Å². The van der Waals surface area contributed by atoms with Crippen LogP contribution in [0.15, 0.2) is 33.8 Å². The van der Waals surface area contributed by atoms with Crippen molar-refractivity contribution in [3.63, 3.8) is 0 Å². The third-order valence-electron chi connectivity index (χ3n) is 3.02. The molecule has 6 nitrogen and oxygen atoms in total. The highest BCUT2D eigenvalue weighted by Gasteiger charge is 2.29. The number of rotatable bonds is 5. The number of anilines is 1. The fourth-order valence-corrected chi connectivity index (χ4v) is 3.64. The van der Waals surface area contributed by atoms with Gasteiger partial charge in [0.15, 0.2) is 4.34 Å². The number of benzene rings is 1. The van der Waals surface area contributed by atoms with Gasteiger partial charge in [0.25, 0.3) is 5.91 Å². The molecule has 2 aromatic rings. The lowest BCUT2D eigenvalue weighted by Crippen LogP contribution is -2.28. The summed E-state index contributed by atoms with van der Waals surface area (Å²) < 4.78 is 14.0. The number of carbonyl (C=O) groups excluding carboxylic acids is 1. The van der Waals surface area contributed by atoms with Crippen LogP contribution in [0.2, 0.25) is 0 Å². The van der Waals surface area contributed by atoms with Crippen molar-refractivity contribution in [3.8, 4) is 0 Å². The average molecular weight is 352 g/mol. The Bertz CT molecular complexity index is 750. The Labute approximate surface area is 140 Å². The number of carbonyl (C=O) groups is 1. The van der Waals surface area contributed by atoms with Crippen LogP contribution in [0.1, 0.15) is 18.9 Å². The SMILES string of the molecule is CCSc1nnc(NC(=O)C2CC(c3cccc(F)c3)=NO2)s1. The van der Waals surface area contributed by atoms with Gasteiger partial charge < -0.3 is 4.84 Å². The van der Waals surface area contributed by atoms with Crippen LogP contribution in [0.4, 0.5) is 9.52 Å². The van der Waals surface area contributed by atoms with Crippen molar-refractivity contribution in [3.05, 3.63) is 35.6 Å². The summed E-state index contributed by atoms with van der Waals surface area (Å²) in [5, 5.41) is 14.8. The second kappa shape index (κ2) is 7.05. The molecule has 1 aromatic carbocycles. The molecule has 1 N–H and O–H groups in total. The molecule has 1 unspecified atom stereocenters. The van der Waals surface area contributed by atoms with Crippen LogP contribution in [0.3, 0.4) is 0 Å². The van der Waals surface area contributed by atoms with Crippen LogP contribution in [-0.4, -0.2) is 33.7 Å². The Balaban J connectivity index is 1.60. The van der Waals surface area contributed by atoms with Crippen molar-refractivity contribution in [1.29, 1.82) is 0 Å². The number of oxime groups is 1. The van der Waals surface area contributed by atoms with E-state index in [0.29, 0.717) is 16.4 Å². The Kier molecular flexibility index (Phi) is 4.87. The van der Waals surface area contributed by atoms with E-state index in [9.17, 15) is 9.18 Å². The molecular weight excluding hydrogens is 339 g/mol. The largest absolute Gasteiger partial charge is 0.382 e. The highest BCUT2D eigenvalue weighted by Crippen LogP contribution is 2.26. The van der Waals surface area contributed by atoms with Crippen LogP contribution in [-0.2, 0) is 9.63 Å². The van der Waals surface area contributed by atoms with Gasteiger partial charge in [0.1, 0.15) is 5.82 Å². The van der Waals surface area contributed by atoms with Crippen LogP contribution >= 0.6 is 23.1 Å². The van der Waals surface area contributed by atoms with Gasteiger partial charge in [-0.3, -0.25) is 10.1 Å². The lowest BCUT2D eigenvalue weighted by molar-refractivity contribution is -0.125. The number of hydrogen-bond donors (Lipinski definition) is 1. The Morgan fingerprint density at radius 3 is 3.17 bits per heavy atom. The first-order chi connectivity index (χ1) is 11.2. The lowest BCUT2D eigenvalue weighted by atomic mass is 10.0. The van der Waals surface area contributed by atoms with E-state index < -0.39 is 6.10 Å². The highest BCUT2D eigenvalue weighted by molar-refractivity contribution is 8.01. The summed E-state index contributed by atoms with van der Waals surface area (Å²) in [6.07, 6.45) is -0.468. The second-order valence-corrected chi connectivity index (χ2v) is 7.13. The molecule has 120 valence electrons. The van der Waals surface area contributed by atoms with E-state index in [-0.39, 0.29) is 18.1 Å². The summed E-state index contributed by atoms with van der Waals surface area (Å²) >= 11 is 2.87. The molecule has 0 saturated heterocycles. The lowest BCUT2D eigenvalue weighted by Gasteiger charge is -2.06. The van der Waals surface area contributed by atoms with Crippen molar-refractivity contribution >= 4 is 39.8 Å². The van der Waals surface area contributed by atoms with Gasteiger partial charge in [0, 0.05) is 12.0 Å². The summed E-state index contributed by atoms with van der Waals surface area (Å²) in [6, 6.07) is 6.03. The molecule has 0 bridgehead atoms. The highest BCUT2D eigenvalue weighted by atomic mass is 32.2. The molecule has 3 rings (SSSR count). The molecule has 2 heterocycles. The van der Waals surface area contributed by atoms with Crippen LogP contribution in [0, 0.1) is 5.82 Å². The smallest absolute Gasteiger partial charge is 0.270 e. The molecule has 1 atom stereocenters. The maximum atomic E-state index is 13.2. The van der Waals surface area contributed by atoms with Gasteiger partial charge in [0.2, 0.25) is 11.2 Å². The van der Waals surface area contributed by atoms with E-state index in [1.165, 1.54) is 23.5 Å². The second-order valence-electron chi connectivity index (χ2n) is 4.64. The first-order valence-corrected chi connectivity index (χ1v) is 8.71. The Morgan fingerprint density at radius 1 is 1.52 bits per heavy atom. The normalized spacial score (nSPS) is 16.8. The van der Waals surface area contributed by atoms with E-state index in [0.717, 1.165) is 10.1 Å². The summed E-state index contributed by atoms with van der Waals surface area (Å²) in [5.74, 6) is 0.191. The maximum absolute atomic E-state index is 13.2. The van der Waals surface area contributed by atoms with Crippen molar-refractivity contribution in [1.82, 2.24) is 10.2 Å². The third kappa shape index (κ3) is 3.85. The number of aromatic nitrogens is 2. The minimum atomic E-state index is -0.751. The number of hydrogen-bond acceptors (Lipinski definition) is 7. The minimum absolute atomic E-state index is 0.282. The third-order valence-corrected chi connectivity index (χ3v) is 4.88. The number of nitrogens with zero attached hydrogens (tertiary/aromatic N) is 3. The van der Waals surface area contributed by atoms with E-state index in [1.54, 1.807) is 23.9 Å². The number of nitrogens with one attached hydrogen (secondary N) is 1. The first-order valence-electron chi connectivity index (χ1n) is 6.91. The number of halogens is 1. The first kappa shape index (κ1) is 15.9. The molecule has 0 spiro atoms. The minimum Gasteiger partial charge on any atom is -0.382 e. The van der Waals surface area contributed by atoms with Crippen molar-refractivity contribution in [2.24, 2.45) is 5.16 Å². The van der Waals surface area contributed by atoms with Crippen LogP contribution < -0.4 is 5.32 Å². The molecule has 1 aliphatic rings. The molecule has 0 radical (unpaired) electrons. The van der Waals surface area contributed by atoms with Gasteiger partial charge in [-0.15, -0.1) is 10.2 Å². The molecular formula is C14H13FN4O2S2. The zero-order valence-electron chi connectivity index (χ0n) is 12.2. The molecule has 0 aliphatic carbocycles. The Morgan fingerprint density at radius 2 is 2.39 bits per heavy atom. The monoisotopic (exact) mass is 352 g/mol. The van der Waals surface area contributed by atoms with E-state index in [2.05, 4.69) is 20.7 Å². The molecule has 9 heteroatoms. The fraction of sp³-hybridized carbons (Fsp3) is 0.286. The van der Waals surface area contributed by atoms with Crippen molar-refractivity contribution in [2.45, 2.75) is 23.8 Å². The summed E-state index contributed by atoms with van der Waals surface area (Å²) in [7, 11) is 0. The quantitative estimate of drug-likeness (QED) is 0.661. The van der Waals surface area contributed by atoms with Gasteiger partial charge in [-0.25, -0.2) is 4.39 Å². The fourth-order valence-electron chi connectivity index (χ4n) is 1.98. The Hall–Kier alpha value is -2.00. The predicted octanol–water partition coefficient (Wildman–Crippen LogP) is 2.92. The number of amides is 1. The summed E-state index contributed by atoms with van der Waals surface area (Å²) in [6.45, 7) is 2.02. The van der Waals surface area contributed by atoms with Gasteiger partial charge in [-0.1, -0.05) is 47.3 Å². The predicted molar refractivity (Wildman–Crippen MR) is 87.4 cm³/mol. The van der Waals surface area contributed by atoms with Gasteiger partial charge in [-0.2, -0.15) is 0 Å². The molecule has 0 fully saturated rings. The molecule has 1 aromatic heterocycles. The zero-order chi connectivity index (χ0) is 16.2. The van der Waals surface area contributed by atoms with E-state index >= 15 is 0 Å². The zero-order valence-corrected chi connectivity index (χ0v) is 13.8. The summed E-state index contributed by atoms with van der Waals surface area (Å²) in [4.78, 5) is 17.3. The average Bonchev–Trinajstić information content (AvgIpc) is 3.17. The maximum Gasteiger partial charge on any atom is 0.270 e. The van der Waals surface area contributed by atoms with Crippen LogP contribution in [0.25, 0.3) is 0 Å². The van der Waals surface area contributed by atoms with Crippen molar-refractivity contribution in [2.75, 3.05) is 11.1 Å². The number of thioether (sulfide) groups is 1. The standard InChI is InChI=1S/C14H13FN4O2S2/c1-2-22-14-18-17-13(23-14)16-12(20)11-7-10(19-21-11)8-4-3-5-9(15)6-8/h3-6,11H,2,7H2,1H3,(H,16,17,20). The molecule has 23 heavy (non-hydrogen) atoms. The van der Waals surface area contributed by atoms with E-state index in [4.69, 9.17) is 4.84 Å². The van der Waals surface area contributed by atoms with Gasteiger partial charge in [-0.05, 0) is 17.9 Å². The summed E-state index contributed by atoms with van der Waals surface area (Å²) in [5.41, 5.74) is 1.15. The molecule has 1 amide bonds. The van der Waals surface area contributed by atoms with Gasteiger partial charge in [0.05, 0.1) is 5.71 Å². The van der Waals surface area contributed by atoms with Crippen LogP contribution in [0.5, 0.6) is 0 Å². The molecule has 1 aliphatic heterocycles.